The summed E-state index contributed by atoms with van der Waals surface area (Å²) < 4.78 is 0. The summed E-state index contributed by atoms with van der Waals surface area (Å²) in [5, 5.41) is 6.97. The van der Waals surface area contributed by atoms with Crippen molar-refractivity contribution in [2.75, 3.05) is 0 Å². The molecule has 3 heteroatoms. The van der Waals surface area contributed by atoms with E-state index < -0.39 is 0 Å². The maximum absolute atomic E-state index is 10.0. The summed E-state index contributed by atoms with van der Waals surface area (Å²) in [6, 6.07) is 0. The zero-order valence-electron chi connectivity index (χ0n) is 7.84. The van der Waals surface area contributed by atoms with Gasteiger partial charge in [-0.15, -0.1) is 0 Å². The van der Waals surface area contributed by atoms with Gasteiger partial charge in [-0.1, -0.05) is 0 Å². The van der Waals surface area contributed by atoms with Gasteiger partial charge in [0.25, 0.3) is 0 Å². The first kappa shape index (κ1) is 13.6. The molecule has 0 heterocycles. The van der Waals surface area contributed by atoms with Crippen LogP contribution in [-0.2, 0) is 26.9 Å². The van der Waals surface area contributed by atoms with Gasteiger partial charge in [0.15, 0.2) is 0 Å². The van der Waals surface area contributed by atoms with Crippen molar-refractivity contribution < 1.29 is 26.9 Å². The van der Waals surface area contributed by atoms with Gasteiger partial charge >= 0.3 is 33.3 Å². The monoisotopic (exact) mass is 340 g/mol. The van der Waals surface area contributed by atoms with E-state index in [1.807, 2.05) is 0 Å². The third-order valence-electron chi connectivity index (χ3n) is 0.498. The molecule has 0 bridgehead atoms. The van der Waals surface area contributed by atoms with E-state index >= 15 is 0 Å². The van der Waals surface area contributed by atoms with E-state index in [1.165, 1.54) is 13.8 Å². The van der Waals surface area contributed by atoms with Crippen molar-refractivity contribution in [1.29, 1.82) is 0 Å². The summed E-state index contributed by atoms with van der Waals surface area (Å²) in [5.74, 6) is -0.125. The van der Waals surface area contributed by atoms with Crippen LogP contribution in [0.1, 0.15) is 20.3 Å². The van der Waals surface area contributed by atoms with Crippen molar-refractivity contribution in [1.82, 2.24) is 0 Å². The van der Waals surface area contributed by atoms with E-state index in [0.717, 1.165) is 0 Å². The van der Waals surface area contributed by atoms with Crippen LogP contribution in [0.4, 0.5) is 0 Å². The second-order valence-electron chi connectivity index (χ2n) is 2.53. The van der Waals surface area contributed by atoms with Crippen molar-refractivity contribution in [3.63, 3.8) is 0 Å². The van der Waals surface area contributed by atoms with Crippen LogP contribution >= 0.6 is 0 Å². The Balaban J connectivity index is 0. The summed E-state index contributed by atoms with van der Waals surface area (Å²) >= 11 is -0.269. The SMILES string of the molecule is CC(=O)CC(C)=O.[CH3][Pt]([CH3])[CH3]. The molecule has 71 valence electrons. The Morgan fingerprint density at radius 2 is 1.18 bits per heavy atom. The first-order valence-electron chi connectivity index (χ1n) is 3.06. The average Bonchev–Trinajstić information content (AvgIpc) is 1.56. The fraction of sp³-hybridized carbons (Fsp3) is 0.750. The van der Waals surface area contributed by atoms with Gasteiger partial charge in [0.2, 0.25) is 0 Å². The van der Waals surface area contributed by atoms with Gasteiger partial charge < -0.3 is 0 Å². The molecule has 0 aliphatic rings. The van der Waals surface area contributed by atoms with Gasteiger partial charge in [-0.05, 0) is 13.8 Å². The molecule has 0 N–H and O–H groups in total. The minimum absolute atomic E-state index is 0.0625. The second kappa shape index (κ2) is 8.13. The Kier molecular flexibility index (Phi) is 10.1. The number of carbonyl (C=O) groups excluding carboxylic acids is 2. The molecule has 0 aliphatic carbocycles. The molecule has 0 atom stereocenters. The van der Waals surface area contributed by atoms with Gasteiger partial charge in [0.1, 0.15) is 11.6 Å². The van der Waals surface area contributed by atoms with Crippen molar-refractivity contribution in [2.24, 2.45) is 0 Å². The predicted octanol–water partition coefficient (Wildman–Crippen LogP) is 2.30. The molecule has 0 amide bonds. The van der Waals surface area contributed by atoms with Crippen LogP contribution in [0.5, 0.6) is 0 Å². The van der Waals surface area contributed by atoms with Crippen LogP contribution < -0.4 is 0 Å². The van der Waals surface area contributed by atoms with Gasteiger partial charge in [-0.2, -0.15) is 0 Å². The number of ketones is 2. The number of rotatable bonds is 2. The van der Waals surface area contributed by atoms with E-state index in [-0.39, 0.29) is 35.3 Å². The molecular formula is C8H17O2Pt. The van der Waals surface area contributed by atoms with E-state index in [2.05, 4.69) is 15.9 Å². The van der Waals surface area contributed by atoms with Crippen molar-refractivity contribution in [3.8, 4) is 0 Å². The Labute approximate surface area is 74.9 Å². The molecular weight excluding hydrogens is 323 g/mol. The molecule has 11 heavy (non-hydrogen) atoms. The van der Waals surface area contributed by atoms with Crippen LogP contribution in [0.3, 0.4) is 0 Å². The molecule has 0 unspecified atom stereocenters. The normalized spacial score (nSPS) is 9.36. The molecule has 0 spiro atoms. The molecule has 0 aromatic heterocycles. The van der Waals surface area contributed by atoms with Gasteiger partial charge in [-0.25, -0.2) is 0 Å². The third-order valence-corrected chi connectivity index (χ3v) is 0.498. The minimum atomic E-state index is -0.269. The average molecular weight is 340 g/mol. The van der Waals surface area contributed by atoms with E-state index in [0.29, 0.717) is 0 Å². The van der Waals surface area contributed by atoms with Crippen LogP contribution in [0.25, 0.3) is 0 Å². The zero-order valence-corrected chi connectivity index (χ0v) is 10.1. The van der Waals surface area contributed by atoms with Crippen LogP contribution in [0, 0.1) is 0 Å². The summed E-state index contributed by atoms with van der Waals surface area (Å²) in [6.07, 6.45) is 0.0833. The first-order valence-corrected chi connectivity index (χ1v) is 9.88. The molecule has 0 aliphatic heterocycles. The van der Waals surface area contributed by atoms with E-state index in [4.69, 9.17) is 0 Å². The zero-order chi connectivity index (χ0) is 9.44. The van der Waals surface area contributed by atoms with Crippen LogP contribution in [-0.4, -0.2) is 11.6 Å². The molecule has 0 aromatic carbocycles. The topological polar surface area (TPSA) is 34.1 Å². The number of Topliss-reactive ketones (excluding diaryl/α,β-unsaturated/α-hetero) is 2. The maximum atomic E-state index is 10.0. The fourth-order valence-electron chi connectivity index (χ4n) is 0.351. The second-order valence-corrected chi connectivity index (χ2v) is 9.35. The van der Waals surface area contributed by atoms with Crippen molar-refractivity contribution in [2.45, 2.75) is 36.2 Å². The first-order chi connectivity index (χ1) is 4.86. The van der Waals surface area contributed by atoms with E-state index in [1.54, 1.807) is 0 Å². The molecule has 0 radical (unpaired) electrons. The van der Waals surface area contributed by atoms with Crippen molar-refractivity contribution >= 4 is 11.6 Å². The van der Waals surface area contributed by atoms with Crippen LogP contribution in [0.15, 0.2) is 0 Å². The van der Waals surface area contributed by atoms with Gasteiger partial charge in [0.05, 0.1) is 6.42 Å². The number of hydrogen-bond acceptors (Lipinski definition) is 2. The van der Waals surface area contributed by atoms with Gasteiger partial charge in [0, 0.05) is 0 Å². The Morgan fingerprint density at radius 3 is 1.18 bits per heavy atom. The fourth-order valence-corrected chi connectivity index (χ4v) is 0.351. The standard InChI is InChI=1S/C5H8O2.3CH3.Pt/c1-4(6)3-5(2)7;;;;/h3H2,1-2H3;3*1H3;. The Bertz CT molecular complexity index is 115. The summed E-state index contributed by atoms with van der Waals surface area (Å²) in [4.78, 5) is 20.1. The van der Waals surface area contributed by atoms with E-state index in [9.17, 15) is 9.59 Å². The number of hydrogen-bond donors (Lipinski definition) is 0. The van der Waals surface area contributed by atoms with Crippen LogP contribution in [0.2, 0.25) is 15.9 Å². The summed E-state index contributed by atoms with van der Waals surface area (Å²) in [7, 11) is 0. The Hall–Kier alpha value is 0.0283. The molecule has 0 fully saturated rings. The third kappa shape index (κ3) is 39.8. The van der Waals surface area contributed by atoms with Gasteiger partial charge in [-0.3, -0.25) is 9.59 Å². The van der Waals surface area contributed by atoms with Crippen molar-refractivity contribution in [3.05, 3.63) is 0 Å². The molecule has 0 aromatic rings. The quantitative estimate of drug-likeness (QED) is 0.723. The molecule has 0 saturated carbocycles. The molecule has 0 rings (SSSR count). The summed E-state index contributed by atoms with van der Waals surface area (Å²) in [6.45, 7) is 2.81. The molecule has 2 nitrogen and oxygen atoms in total. The Morgan fingerprint density at radius 1 is 1.00 bits per heavy atom. The molecule has 0 saturated heterocycles. The summed E-state index contributed by atoms with van der Waals surface area (Å²) in [5.41, 5.74) is 0. The number of carbonyl (C=O) groups is 2. The predicted molar refractivity (Wildman–Crippen MR) is 43.6 cm³/mol.